The summed E-state index contributed by atoms with van der Waals surface area (Å²) in [4.78, 5) is 7.88. The van der Waals surface area contributed by atoms with Gasteiger partial charge in [-0.1, -0.05) is 10.2 Å². The largest absolute Gasteiger partial charge is 0.154 e. The third-order valence-electron chi connectivity index (χ3n) is 0. The predicted octanol–water partition coefficient (Wildman–Crippen LogP) is -1.12. The molecule has 4 heteroatoms. The van der Waals surface area contributed by atoms with E-state index >= 15 is 0 Å². The molecule has 0 saturated heterocycles. The Bertz CT molecular complexity index is 10.8. The Kier molecular flexibility index (Phi) is 25.4. The van der Waals surface area contributed by atoms with E-state index < -0.39 is 0 Å². The van der Waals surface area contributed by atoms with E-state index in [1.807, 2.05) is 0 Å². The van der Waals surface area contributed by atoms with E-state index in [1.165, 1.54) is 0 Å². The van der Waals surface area contributed by atoms with Gasteiger partial charge in [0.1, 0.15) is 0 Å². The van der Waals surface area contributed by atoms with Crippen LogP contribution in [0.3, 0.4) is 0 Å². The molecule has 0 aliphatic carbocycles. The van der Waals surface area contributed by atoms with Crippen molar-refractivity contribution in [3.63, 3.8) is 0 Å². The van der Waals surface area contributed by atoms with Crippen molar-refractivity contribution >= 4 is 0 Å². The summed E-state index contributed by atoms with van der Waals surface area (Å²) in [6.45, 7) is 0. The van der Waals surface area contributed by atoms with Gasteiger partial charge in [0, 0.05) is 21.1 Å². The molecule has 0 heterocycles. The minimum absolute atomic E-state index is 0. The molecule has 0 amide bonds. The maximum atomic E-state index is 7.88. The SMILES string of the molecule is O=[O+][O-].[Pt]. The van der Waals surface area contributed by atoms with Gasteiger partial charge in [0.05, 0.1) is 0 Å². The number of hydrogen-bond acceptors (Lipinski definition) is 2. The summed E-state index contributed by atoms with van der Waals surface area (Å²) in [6, 6.07) is 0. The van der Waals surface area contributed by atoms with Gasteiger partial charge in [-0.05, 0) is 0 Å². The van der Waals surface area contributed by atoms with Gasteiger partial charge in [-0.2, -0.15) is 0 Å². The molecule has 0 aromatic heterocycles. The molecule has 0 unspecified atom stereocenters. The first-order valence-electron chi connectivity index (χ1n) is 0.333. The van der Waals surface area contributed by atoms with Gasteiger partial charge in [0.25, 0.3) is 0 Å². The molecule has 4 heavy (non-hydrogen) atoms. The Morgan fingerprint density at radius 3 is 1.75 bits per heavy atom. The van der Waals surface area contributed by atoms with Crippen molar-refractivity contribution < 1.29 is 26.3 Å². The van der Waals surface area contributed by atoms with E-state index in [2.05, 4.69) is 0 Å². The van der Waals surface area contributed by atoms with Crippen molar-refractivity contribution in [1.82, 2.24) is 0 Å². The standard InChI is InChI=1S/O3.Pt/c1-3-2;. The Hall–Kier alpha value is 0.0883. The van der Waals surface area contributed by atoms with Crippen LogP contribution in [0.25, 0.3) is 0 Å². The zero-order valence-corrected chi connectivity index (χ0v) is 3.81. The van der Waals surface area contributed by atoms with Crippen molar-refractivity contribution in [3.05, 3.63) is 9.71 Å². The fraction of sp³-hybridized carbons (Fsp3) is 0. The van der Waals surface area contributed by atoms with Gasteiger partial charge in [-0.25, -0.2) is 0 Å². The van der Waals surface area contributed by atoms with E-state index in [9.17, 15) is 0 Å². The van der Waals surface area contributed by atoms with Gasteiger partial charge < -0.3 is 0 Å². The first-order chi connectivity index (χ1) is 1.41. The second-order valence-electron chi connectivity index (χ2n) is 0.0680. The summed E-state index contributed by atoms with van der Waals surface area (Å²) in [5.41, 5.74) is 0. The summed E-state index contributed by atoms with van der Waals surface area (Å²) >= 11 is 0. The second kappa shape index (κ2) is 11.4. The van der Waals surface area contributed by atoms with Crippen molar-refractivity contribution in [3.8, 4) is 0 Å². The fourth-order valence-electron chi connectivity index (χ4n) is 0. The topological polar surface area (TPSA) is 51.4 Å². The molecule has 0 atom stereocenters. The Labute approximate surface area is 36.7 Å². The van der Waals surface area contributed by atoms with Crippen LogP contribution in [0.5, 0.6) is 0 Å². The summed E-state index contributed by atoms with van der Waals surface area (Å²) in [7, 11) is 0. The molecular weight excluding hydrogens is 243 g/mol. The number of hydrogen-bond donors (Lipinski definition) is 0. The molecular formula is O3Pt. The van der Waals surface area contributed by atoms with E-state index in [0.717, 1.165) is 0 Å². The third-order valence-corrected chi connectivity index (χ3v) is 0. The van der Waals surface area contributed by atoms with Crippen molar-refractivity contribution in [1.29, 1.82) is 0 Å². The summed E-state index contributed by atoms with van der Waals surface area (Å²) in [6.07, 6.45) is 0. The van der Waals surface area contributed by atoms with Crippen LogP contribution in [0.2, 0.25) is 0 Å². The minimum Gasteiger partial charge on any atom is -0.0772 e. The molecule has 0 rings (SSSR count). The van der Waals surface area contributed by atoms with Crippen molar-refractivity contribution in [2.75, 3.05) is 0 Å². The molecule has 0 fully saturated rings. The maximum absolute atomic E-state index is 7.88. The molecule has 0 N–H and O–H groups in total. The fourth-order valence-corrected chi connectivity index (χ4v) is 0. The molecule has 0 radical (unpaired) electrons. The zero-order valence-electron chi connectivity index (χ0n) is 1.54. The van der Waals surface area contributed by atoms with Crippen molar-refractivity contribution in [2.24, 2.45) is 0 Å². The summed E-state index contributed by atoms with van der Waals surface area (Å²) in [5, 5.41) is 7.88. The molecule has 3 nitrogen and oxygen atoms in total. The van der Waals surface area contributed by atoms with Crippen LogP contribution < -0.4 is 5.26 Å². The Morgan fingerprint density at radius 1 is 1.75 bits per heavy atom. The zero-order chi connectivity index (χ0) is 2.71. The quantitative estimate of drug-likeness (QED) is 0.307. The van der Waals surface area contributed by atoms with Crippen LogP contribution in [0.15, 0.2) is 0 Å². The molecule has 0 aromatic carbocycles. The average molecular weight is 243 g/mol. The predicted molar refractivity (Wildman–Crippen MR) is 6.73 cm³/mol. The molecule has 0 spiro atoms. The van der Waals surface area contributed by atoms with Crippen LogP contribution in [0, 0.1) is 9.71 Å². The molecule has 0 aromatic rings. The van der Waals surface area contributed by atoms with E-state index in [0.29, 0.717) is 0 Å². The summed E-state index contributed by atoms with van der Waals surface area (Å²) in [5.74, 6) is 0. The van der Waals surface area contributed by atoms with Crippen molar-refractivity contribution in [2.45, 2.75) is 0 Å². The average Bonchev–Trinajstić information content (AvgIpc) is 0.918. The first kappa shape index (κ1) is 8.94. The summed E-state index contributed by atoms with van der Waals surface area (Å²) < 4.78 is 1.75. The van der Waals surface area contributed by atoms with Crippen LogP contribution in [-0.4, -0.2) is 0 Å². The smallest absolute Gasteiger partial charge is 0.0772 e. The minimum atomic E-state index is 0. The van der Waals surface area contributed by atoms with Gasteiger partial charge in [-0.3, -0.25) is 0 Å². The normalized spacial score (nSPS) is 3.00. The maximum Gasteiger partial charge on any atom is 0.154 e. The first-order valence-corrected chi connectivity index (χ1v) is 0.333. The van der Waals surface area contributed by atoms with Gasteiger partial charge in [0.15, 0.2) is 4.75 Å². The molecule has 28 valence electrons. The second-order valence-corrected chi connectivity index (χ2v) is 0.0680. The van der Waals surface area contributed by atoms with E-state index in [1.54, 1.807) is 4.75 Å². The van der Waals surface area contributed by atoms with Crippen LogP contribution in [0.1, 0.15) is 0 Å². The molecule has 0 aliphatic heterocycles. The van der Waals surface area contributed by atoms with E-state index in [-0.39, 0.29) is 21.1 Å². The van der Waals surface area contributed by atoms with Crippen LogP contribution in [0.4, 0.5) is 0 Å². The molecule has 0 aliphatic rings. The Balaban J connectivity index is 0. The molecule has 0 saturated carbocycles. The van der Waals surface area contributed by atoms with Crippen LogP contribution in [-0.2, 0) is 21.1 Å². The third kappa shape index (κ3) is 317. The van der Waals surface area contributed by atoms with E-state index in [4.69, 9.17) is 10.2 Å². The Morgan fingerprint density at radius 2 is 1.75 bits per heavy atom. The van der Waals surface area contributed by atoms with Gasteiger partial charge in [0.2, 0.25) is 0 Å². The van der Waals surface area contributed by atoms with Crippen LogP contribution >= 0.6 is 0 Å². The molecule has 0 bridgehead atoms. The number of rotatable bonds is 0. The van der Waals surface area contributed by atoms with Gasteiger partial charge in [-0.15, -0.1) is 0 Å². The monoisotopic (exact) mass is 243 g/mol. The van der Waals surface area contributed by atoms with Gasteiger partial charge >= 0.3 is 0 Å².